The van der Waals surface area contributed by atoms with Gasteiger partial charge in [-0.25, -0.2) is 9.07 Å². The lowest BCUT2D eigenvalue weighted by Crippen LogP contribution is -2.14. The number of aryl methyl sites for hydroxylation is 1. The largest absolute Gasteiger partial charge is 0.497 e. The van der Waals surface area contributed by atoms with Crippen molar-refractivity contribution in [1.82, 2.24) is 9.78 Å². The first-order chi connectivity index (χ1) is 16.3. The van der Waals surface area contributed by atoms with Gasteiger partial charge < -0.3 is 15.4 Å². The number of nitrogens with one attached hydrogen (secondary N) is 2. The fraction of sp³-hybridized carbons (Fsp3) is 0.115. The Morgan fingerprint density at radius 1 is 1.00 bits per heavy atom. The Morgan fingerprint density at radius 3 is 2.47 bits per heavy atom. The summed E-state index contributed by atoms with van der Waals surface area (Å²) in [6.07, 6.45) is 1.60. The summed E-state index contributed by atoms with van der Waals surface area (Å²) in [4.78, 5) is 24.6. The fourth-order valence-electron chi connectivity index (χ4n) is 3.45. The van der Waals surface area contributed by atoms with Gasteiger partial charge in [-0.2, -0.15) is 5.10 Å². The van der Waals surface area contributed by atoms with Gasteiger partial charge >= 0.3 is 0 Å². The maximum Gasteiger partial charge on any atom is 0.259 e. The third-order valence-electron chi connectivity index (χ3n) is 5.14. The summed E-state index contributed by atoms with van der Waals surface area (Å²) in [5, 5.41) is 9.83. The van der Waals surface area contributed by atoms with E-state index in [1.807, 2.05) is 37.3 Å². The van der Waals surface area contributed by atoms with Crippen molar-refractivity contribution in [3.8, 4) is 22.7 Å². The molecule has 1 heterocycles. The predicted molar refractivity (Wildman–Crippen MR) is 129 cm³/mol. The number of methoxy groups -OCH3 is 1. The van der Waals surface area contributed by atoms with Crippen LogP contribution in [-0.4, -0.2) is 28.7 Å². The minimum absolute atomic E-state index is 0.0593. The number of halogens is 1. The van der Waals surface area contributed by atoms with Crippen LogP contribution in [-0.2, 0) is 4.79 Å². The lowest BCUT2D eigenvalue weighted by atomic mass is 10.1. The number of hydrogen-bond acceptors (Lipinski definition) is 4. The molecule has 8 heteroatoms. The lowest BCUT2D eigenvalue weighted by molar-refractivity contribution is -0.114. The average molecular weight is 458 g/mol. The van der Waals surface area contributed by atoms with Gasteiger partial charge in [-0.3, -0.25) is 9.59 Å². The van der Waals surface area contributed by atoms with Gasteiger partial charge in [0.05, 0.1) is 24.0 Å². The number of anilines is 2. The number of hydrogen-bond donors (Lipinski definition) is 2. The van der Waals surface area contributed by atoms with Gasteiger partial charge in [0.15, 0.2) is 0 Å². The highest BCUT2D eigenvalue weighted by molar-refractivity contribution is 6.08. The van der Waals surface area contributed by atoms with Crippen LogP contribution in [0.15, 0.2) is 72.9 Å². The predicted octanol–water partition coefficient (Wildman–Crippen LogP) is 5.21. The Balaban J connectivity index is 1.75. The van der Waals surface area contributed by atoms with Crippen molar-refractivity contribution in [3.63, 3.8) is 0 Å². The third kappa shape index (κ3) is 4.96. The molecule has 1 aromatic heterocycles. The Labute approximate surface area is 196 Å². The molecule has 0 aliphatic rings. The zero-order valence-electron chi connectivity index (χ0n) is 18.9. The molecule has 4 aromatic rings. The number of rotatable bonds is 6. The summed E-state index contributed by atoms with van der Waals surface area (Å²) in [5.74, 6) is -0.863. The molecule has 0 aliphatic carbocycles. The summed E-state index contributed by atoms with van der Waals surface area (Å²) in [7, 11) is 1.56. The van der Waals surface area contributed by atoms with Gasteiger partial charge in [0, 0.05) is 24.4 Å². The highest BCUT2D eigenvalue weighted by Crippen LogP contribution is 2.28. The van der Waals surface area contributed by atoms with Crippen LogP contribution in [0.2, 0.25) is 0 Å². The van der Waals surface area contributed by atoms with Gasteiger partial charge in [-0.05, 0) is 49.4 Å². The minimum Gasteiger partial charge on any atom is -0.497 e. The van der Waals surface area contributed by atoms with Crippen molar-refractivity contribution in [2.24, 2.45) is 0 Å². The van der Waals surface area contributed by atoms with Crippen LogP contribution in [0, 0.1) is 12.7 Å². The van der Waals surface area contributed by atoms with Crippen molar-refractivity contribution < 1.29 is 18.7 Å². The van der Waals surface area contributed by atoms with E-state index in [9.17, 15) is 14.0 Å². The van der Waals surface area contributed by atoms with Gasteiger partial charge in [-0.15, -0.1) is 0 Å². The number of amides is 2. The molecule has 4 rings (SSSR count). The van der Waals surface area contributed by atoms with E-state index in [1.165, 1.54) is 25.1 Å². The molecule has 172 valence electrons. The molecule has 0 saturated carbocycles. The third-order valence-corrected chi connectivity index (χ3v) is 5.14. The lowest BCUT2D eigenvalue weighted by Gasteiger charge is -2.09. The first-order valence-corrected chi connectivity index (χ1v) is 10.5. The molecule has 0 aliphatic heterocycles. The molecule has 0 atom stereocenters. The molecular weight excluding hydrogens is 435 g/mol. The van der Waals surface area contributed by atoms with E-state index < -0.39 is 11.7 Å². The molecule has 3 aromatic carbocycles. The summed E-state index contributed by atoms with van der Waals surface area (Å²) < 4.78 is 21.4. The van der Waals surface area contributed by atoms with Gasteiger partial charge in [-0.1, -0.05) is 29.8 Å². The van der Waals surface area contributed by atoms with Gasteiger partial charge in [0.1, 0.15) is 17.3 Å². The van der Waals surface area contributed by atoms with E-state index in [4.69, 9.17) is 4.74 Å². The van der Waals surface area contributed by atoms with Crippen molar-refractivity contribution >= 4 is 23.2 Å². The number of nitrogens with zero attached hydrogens (tertiary/aromatic N) is 2. The van der Waals surface area contributed by atoms with Crippen LogP contribution < -0.4 is 15.4 Å². The fourth-order valence-corrected chi connectivity index (χ4v) is 3.45. The van der Waals surface area contributed by atoms with Crippen LogP contribution in [0.5, 0.6) is 5.75 Å². The molecule has 34 heavy (non-hydrogen) atoms. The monoisotopic (exact) mass is 458 g/mol. The molecule has 0 radical (unpaired) electrons. The Hall–Kier alpha value is -4.46. The van der Waals surface area contributed by atoms with Crippen molar-refractivity contribution in [2.45, 2.75) is 13.8 Å². The number of carbonyl (C=O) groups is 2. The minimum atomic E-state index is -0.628. The van der Waals surface area contributed by atoms with E-state index >= 15 is 0 Å². The Bertz CT molecular complexity index is 1360. The highest BCUT2D eigenvalue weighted by atomic mass is 19.1. The quantitative estimate of drug-likeness (QED) is 0.416. The molecular formula is C26H23FN4O3. The Kier molecular flexibility index (Phi) is 6.40. The summed E-state index contributed by atoms with van der Waals surface area (Å²) >= 11 is 0. The van der Waals surface area contributed by atoms with Crippen molar-refractivity contribution in [2.75, 3.05) is 17.7 Å². The van der Waals surface area contributed by atoms with Crippen LogP contribution in [0.1, 0.15) is 22.8 Å². The van der Waals surface area contributed by atoms with Gasteiger partial charge in [0.2, 0.25) is 5.91 Å². The summed E-state index contributed by atoms with van der Waals surface area (Å²) in [6, 6.07) is 18.9. The van der Waals surface area contributed by atoms with Crippen molar-refractivity contribution in [1.29, 1.82) is 0 Å². The molecule has 2 N–H and O–H groups in total. The first-order valence-electron chi connectivity index (χ1n) is 10.5. The SMILES string of the molecule is COc1cccc(-c2nn(-c3ccc(C)cc3)cc2C(=O)Nc2cc(NC(C)=O)ccc2F)c1. The number of ether oxygens (including phenoxy) is 1. The topological polar surface area (TPSA) is 85.2 Å². The molecule has 0 saturated heterocycles. The molecule has 7 nitrogen and oxygen atoms in total. The van der Waals surface area contributed by atoms with E-state index in [-0.39, 0.29) is 17.2 Å². The van der Waals surface area contributed by atoms with Crippen LogP contribution in [0.3, 0.4) is 0 Å². The second kappa shape index (κ2) is 9.58. The number of carbonyl (C=O) groups excluding carboxylic acids is 2. The molecule has 0 bridgehead atoms. The van der Waals surface area contributed by atoms with E-state index in [1.54, 1.807) is 36.2 Å². The second-order valence-corrected chi connectivity index (χ2v) is 7.73. The van der Waals surface area contributed by atoms with Crippen LogP contribution in [0.25, 0.3) is 16.9 Å². The second-order valence-electron chi connectivity index (χ2n) is 7.73. The van der Waals surface area contributed by atoms with Crippen LogP contribution in [0.4, 0.5) is 15.8 Å². The zero-order valence-corrected chi connectivity index (χ0v) is 18.9. The zero-order chi connectivity index (χ0) is 24.2. The maximum absolute atomic E-state index is 14.4. The smallest absolute Gasteiger partial charge is 0.259 e. The van der Waals surface area contributed by atoms with E-state index in [2.05, 4.69) is 15.7 Å². The van der Waals surface area contributed by atoms with Gasteiger partial charge in [0.25, 0.3) is 5.91 Å². The molecule has 0 fully saturated rings. The first kappa shape index (κ1) is 22.7. The normalized spacial score (nSPS) is 10.6. The molecule has 0 unspecified atom stereocenters. The Morgan fingerprint density at radius 2 is 1.76 bits per heavy atom. The maximum atomic E-state index is 14.4. The van der Waals surface area contributed by atoms with E-state index in [0.717, 1.165) is 11.3 Å². The summed E-state index contributed by atoms with van der Waals surface area (Å²) in [5.41, 5.74) is 3.50. The number of aromatic nitrogens is 2. The van der Waals surface area contributed by atoms with Crippen molar-refractivity contribution in [3.05, 3.63) is 89.9 Å². The van der Waals surface area contributed by atoms with E-state index in [0.29, 0.717) is 22.7 Å². The molecule has 0 spiro atoms. The average Bonchev–Trinajstić information content (AvgIpc) is 3.27. The highest BCUT2D eigenvalue weighted by Gasteiger charge is 2.20. The standard InChI is InChI=1S/C26H23FN4O3/c1-16-7-10-20(11-8-16)31-15-22(25(30-31)18-5-4-6-21(13-18)34-3)26(33)29-24-14-19(28-17(2)32)9-12-23(24)27/h4-15H,1-3H3,(H,28,32)(H,29,33). The van der Waals surface area contributed by atoms with Crippen LogP contribution >= 0.6 is 0 Å². The molecule has 2 amide bonds. The number of benzene rings is 3. The summed E-state index contributed by atoms with van der Waals surface area (Å²) in [6.45, 7) is 3.33.